The zero-order valence-corrected chi connectivity index (χ0v) is 72.2. The third-order valence-electron chi connectivity index (χ3n) is 22.8. The van der Waals surface area contributed by atoms with Gasteiger partial charge in [-0.1, -0.05) is 0 Å². The number of methoxy groups -OCH3 is 1. The van der Waals surface area contributed by atoms with Crippen LogP contribution in [0.5, 0.6) is 201 Å². The highest BCUT2D eigenvalue weighted by Crippen LogP contribution is 2.61. The molecule has 0 aliphatic carbocycles. The van der Waals surface area contributed by atoms with E-state index >= 15 is 28.8 Å². The Kier molecular flexibility index (Phi) is 24.6. The number of fused-ring (bicyclic) bond motifs is 13. The van der Waals surface area contributed by atoms with E-state index in [2.05, 4.69) is 4.74 Å². The lowest BCUT2D eigenvalue weighted by atomic mass is 9.90. The maximum atomic E-state index is 16.0. The standard InChI is InChI=1S/C90H62O57/c1-133-81(125)27-12-39(101)58(110)68(120)70(27)136-41-14-25-49(66(118)60(41)112)48-24(11-38(100)57(109)65(48)117)85(129)144-76-75(143-86(25)130)73(43(16-134-78(122)18-2-29(91)51(103)30(92)3-18)138-89(76)146-79(123)19-4-31(93)52(104)32(94)5-19)141-88(132)28-13-40(102)59(111)69(121)71(28)137-42-15-26-50(67(119)61(42)113)47-23(10-37(99)56(108)64(47)116)84(128)142-74-72-44(139-90(77(74)145-87(26)131)147-80(124)20-6-33(95)53(105)34(96)7-20)17-135-82(126)21-8-35(97)54(106)62(114)45(21)46-22(83(127)140-72)9-36(98)55(107)63(46)115/h2-15,43-44,72-77,89-121H,16-17H2,1H3/t43-,44-,72-,73-,74+,75+,76-,77-,89+,90+/m1/s1. The predicted molar refractivity (Wildman–Crippen MR) is 455 cm³/mol. The van der Waals surface area contributed by atoms with Crippen LogP contribution in [-0.2, 0) is 61.6 Å². The van der Waals surface area contributed by atoms with E-state index in [1.807, 2.05) is 0 Å². The highest BCUT2D eigenvalue weighted by atomic mass is 16.8. The summed E-state index contributed by atoms with van der Waals surface area (Å²) in [6, 6.07) is 3.91. The topological polar surface area (TPSA) is 953 Å². The van der Waals surface area contributed by atoms with Crippen molar-refractivity contribution in [1.29, 1.82) is 0 Å². The highest BCUT2D eigenvalue weighted by Gasteiger charge is 2.59. The van der Waals surface area contributed by atoms with Crippen LogP contribution >= 0.6 is 0 Å². The normalized spacial score (nSPS) is 18.8. The molecule has 0 bridgehead atoms. The fourth-order valence-electron chi connectivity index (χ4n) is 15.7. The first-order valence-electron chi connectivity index (χ1n) is 40.6. The zero-order valence-electron chi connectivity index (χ0n) is 72.2. The fourth-order valence-corrected chi connectivity index (χ4v) is 15.7. The Morgan fingerprint density at radius 1 is 0.272 bits per heavy atom. The summed E-state index contributed by atoms with van der Waals surface area (Å²) in [6.45, 7) is -3.29. The molecule has 2 fully saturated rings. The number of phenols is 31. The van der Waals surface area contributed by atoms with Crippen molar-refractivity contribution in [2.75, 3.05) is 20.3 Å². The molecule has 764 valence electrons. The average Bonchev–Trinajstić information content (AvgIpc) is 1.06. The molecule has 2 saturated heterocycles. The lowest BCUT2D eigenvalue weighted by Crippen LogP contribution is -2.63. The molecule has 16 rings (SSSR count). The summed E-state index contributed by atoms with van der Waals surface area (Å²) in [6.07, 6.45) is -29.6. The molecule has 11 aromatic rings. The smallest absolute Gasteiger partial charge is 0.342 e. The lowest BCUT2D eigenvalue weighted by Gasteiger charge is -2.44. The quantitative estimate of drug-likeness (QED) is 0.0398. The Bertz CT molecular complexity index is 7570. The van der Waals surface area contributed by atoms with Gasteiger partial charge in [0.05, 0.1) is 57.2 Å². The Morgan fingerprint density at radius 2 is 0.551 bits per heavy atom. The third-order valence-corrected chi connectivity index (χ3v) is 22.8. The number of hydrogen-bond acceptors (Lipinski definition) is 57. The van der Waals surface area contributed by atoms with Crippen molar-refractivity contribution in [3.05, 3.63) is 146 Å². The molecule has 0 amide bonds. The number of cyclic esters (lactones) is 1. The minimum Gasteiger partial charge on any atom is -0.504 e. The number of benzene rings is 11. The summed E-state index contributed by atoms with van der Waals surface area (Å²) < 4.78 is 85.4. The van der Waals surface area contributed by atoms with E-state index in [0.717, 1.165) is 0 Å². The molecule has 0 aromatic heterocycles. The van der Waals surface area contributed by atoms with Crippen LogP contribution in [0.4, 0.5) is 0 Å². The Morgan fingerprint density at radius 3 is 0.912 bits per heavy atom. The second-order valence-corrected chi connectivity index (χ2v) is 31.6. The van der Waals surface area contributed by atoms with E-state index in [9.17, 15) is 182 Å². The molecule has 5 aliphatic heterocycles. The van der Waals surface area contributed by atoms with Gasteiger partial charge in [-0.3, -0.25) is 0 Å². The van der Waals surface area contributed by atoms with Gasteiger partial charge in [0.15, 0.2) is 168 Å². The minimum atomic E-state index is -3.19. The molecule has 147 heavy (non-hydrogen) atoms. The molecule has 57 nitrogen and oxygen atoms in total. The summed E-state index contributed by atoms with van der Waals surface area (Å²) in [5.74, 6) is -77.4. The minimum absolute atomic E-state index is 0.0100. The Balaban J connectivity index is 0.868. The number of esters is 11. The van der Waals surface area contributed by atoms with Crippen molar-refractivity contribution in [3.8, 4) is 235 Å². The number of carbonyl (C=O) groups excluding carboxylic acids is 11. The van der Waals surface area contributed by atoms with Crippen molar-refractivity contribution >= 4 is 65.7 Å². The van der Waals surface area contributed by atoms with Gasteiger partial charge in [0.25, 0.3) is 0 Å². The fraction of sp³-hybridized carbons (Fsp3) is 0.144. The molecule has 0 spiro atoms. The van der Waals surface area contributed by atoms with E-state index in [-0.39, 0.29) is 36.4 Å². The Labute approximate surface area is 807 Å². The van der Waals surface area contributed by atoms with Gasteiger partial charge < -0.3 is 229 Å². The highest BCUT2D eigenvalue weighted by molar-refractivity contribution is 6.13. The van der Waals surface area contributed by atoms with Crippen LogP contribution in [-0.4, -0.2) is 306 Å². The number of carbonyl (C=O) groups is 11. The number of aromatic hydroxyl groups is 31. The van der Waals surface area contributed by atoms with Crippen LogP contribution in [0.1, 0.15) is 114 Å². The van der Waals surface area contributed by atoms with Crippen molar-refractivity contribution < 1.29 is 282 Å². The molecule has 0 unspecified atom stereocenters. The van der Waals surface area contributed by atoms with Gasteiger partial charge in [0.1, 0.15) is 36.5 Å². The van der Waals surface area contributed by atoms with E-state index in [4.69, 9.17) is 66.3 Å². The van der Waals surface area contributed by atoms with Crippen molar-refractivity contribution in [1.82, 2.24) is 0 Å². The second kappa shape index (κ2) is 36.6. The van der Waals surface area contributed by atoms with Crippen LogP contribution in [0.15, 0.2) is 84.9 Å². The van der Waals surface area contributed by atoms with Crippen LogP contribution < -0.4 is 9.47 Å². The second-order valence-electron chi connectivity index (χ2n) is 31.6. The largest absolute Gasteiger partial charge is 0.504 e. The van der Waals surface area contributed by atoms with Crippen LogP contribution in [0, 0.1) is 0 Å². The number of ether oxygens (including phenoxy) is 15. The number of rotatable bonds is 14. The molecule has 11 aromatic carbocycles. The summed E-state index contributed by atoms with van der Waals surface area (Å²) in [5, 5.41) is 345. The van der Waals surface area contributed by atoms with Gasteiger partial charge in [0, 0.05) is 57.6 Å². The summed E-state index contributed by atoms with van der Waals surface area (Å²) in [7, 11) is 0.713. The van der Waals surface area contributed by atoms with Crippen molar-refractivity contribution in [3.63, 3.8) is 0 Å². The first kappa shape index (κ1) is 98.9. The summed E-state index contributed by atoms with van der Waals surface area (Å²) in [4.78, 5) is 165. The van der Waals surface area contributed by atoms with Gasteiger partial charge in [-0.15, -0.1) is 0 Å². The van der Waals surface area contributed by atoms with Gasteiger partial charge in [0.2, 0.25) is 82.3 Å². The van der Waals surface area contributed by atoms with E-state index in [0.29, 0.717) is 55.6 Å². The van der Waals surface area contributed by atoms with Crippen molar-refractivity contribution in [2.24, 2.45) is 0 Å². The summed E-state index contributed by atoms with van der Waals surface area (Å²) in [5.41, 5.74) is -23.1. The number of hydrogen-bond donors (Lipinski definition) is 31. The van der Waals surface area contributed by atoms with Gasteiger partial charge >= 0.3 is 65.7 Å². The van der Waals surface area contributed by atoms with Gasteiger partial charge in [-0.2, -0.15) is 0 Å². The molecule has 5 aliphatic rings. The molecule has 0 saturated carbocycles. The SMILES string of the molecule is COC(=O)c1cc(O)c(O)c(O)c1Oc1cc2c(c(O)c1O)-c1c(cc(O)c(O)c1O)C(=O)O[C@H]1[C@H](OC(=O)c3cc(O)c(O)c(O)c3)O[C@H](COC(=O)c3cc(O)c(O)c(O)c3)[C@@H](OC(=O)c3cc(O)c(O)c(O)c3Oc3cc4c(c(O)c3O)-c3c(cc(O)c(O)c3O)C(=O)O[C@@H]3[C@@H](OC4=O)[C@H](OC(=O)c4cc(O)c(O)c(O)c4)O[C@@H]4COC(=O)c5cc(O)c(O)c(O)c5-c5c(cc(O)c(O)c5O)C(=O)O[C@@H]34)[C@@H]1OC2=O. The van der Waals surface area contributed by atoms with Gasteiger partial charge in [-0.05, 0) is 60.7 Å². The summed E-state index contributed by atoms with van der Waals surface area (Å²) >= 11 is 0. The molecular weight excluding hydrogens is 1990 g/mol. The predicted octanol–water partition coefficient (Wildman–Crippen LogP) is 4.70. The Hall–Kier alpha value is -21.1. The molecular formula is C90H62O57. The van der Waals surface area contributed by atoms with Crippen LogP contribution in [0.3, 0.4) is 0 Å². The first-order chi connectivity index (χ1) is 69.2. The molecule has 0 radical (unpaired) electrons. The van der Waals surface area contributed by atoms with Crippen LogP contribution in [0.2, 0.25) is 0 Å². The van der Waals surface area contributed by atoms with E-state index in [1.54, 1.807) is 0 Å². The number of phenolic OH excluding ortho intramolecular Hbond substituents is 31. The van der Waals surface area contributed by atoms with E-state index in [1.165, 1.54) is 0 Å². The van der Waals surface area contributed by atoms with E-state index < -0.39 is 436 Å². The first-order valence-corrected chi connectivity index (χ1v) is 40.6. The molecule has 57 heteroatoms. The third kappa shape index (κ3) is 16.8. The molecule has 10 atom stereocenters. The maximum Gasteiger partial charge on any atom is 0.342 e. The zero-order chi connectivity index (χ0) is 107. The molecule has 5 heterocycles. The monoisotopic (exact) mass is 2050 g/mol. The van der Waals surface area contributed by atoms with Crippen molar-refractivity contribution in [2.45, 2.75) is 61.4 Å². The average molecular weight is 2060 g/mol. The maximum absolute atomic E-state index is 16.0. The van der Waals surface area contributed by atoms with Crippen LogP contribution in [0.25, 0.3) is 33.4 Å². The molecule has 31 N–H and O–H groups in total. The lowest BCUT2D eigenvalue weighted by molar-refractivity contribution is -0.283. The van der Waals surface area contributed by atoms with Gasteiger partial charge in [-0.25, -0.2) is 52.7 Å².